The van der Waals surface area contributed by atoms with Crippen molar-refractivity contribution in [3.8, 4) is 0 Å². The summed E-state index contributed by atoms with van der Waals surface area (Å²) in [5.41, 5.74) is 6.47. The van der Waals surface area contributed by atoms with E-state index in [2.05, 4.69) is 6.92 Å². The minimum Gasteiger partial charge on any atom is -0.335 e. The fourth-order valence-corrected chi connectivity index (χ4v) is 2.50. The van der Waals surface area contributed by atoms with E-state index in [0.717, 1.165) is 12.8 Å². The van der Waals surface area contributed by atoms with Gasteiger partial charge in [-0.25, -0.2) is 4.39 Å². The Kier molecular flexibility index (Phi) is 3.39. The molecule has 18 heavy (non-hydrogen) atoms. The van der Waals surface area contributed by atoms with Gasteiger partial charge in [-0.15, -0.1) is 0 Å². The lowest BCUT2D eigenvalue weighted by atomic mass is 9.86. The van der Waals surface area contributed by atoms with Crippen LogP contribution in [0.3, 0.4) is 0 Å². The highest BCUT2D eigenvalue weighted by Crippen LogP contribution is 2.26. The molecule has 1 amide bonds. The van der Waals surface area contributed by atoms with E-state index in [1.807, 2.05) is 0 Å². The topological polar surface area (TPSA) is 46.3 Å². The number of nitrogens with zero attached hydrogens (tertiary/aromatic N) is 1. The van der Waals surface area contributed by atoms with Crippen LogP contribution < -0.4 is 5.73 Å². The van der Waals surface area contributed by atoms with E-state index in [9.17, 15) is 9.18 Å². The highest BCUT2D eigenvalue weighted by atomic mass is 19.1. The molecule has 0 aromatic heterocycles. The summed E-state index contributed by atoms with van der Waals surface area (Å²) < 4.78 is 13.8. The summed E-state index contributed by atoms with van der Waals surface area (Å²) in [5.74, 6) is -0.680. The first-order chi connectivity index (χ1) is 8.47. The monoisotopic (exact) mass is 250 g/mol. The van der Waals surface area contributed by atoms with E-state index in [4.69, 9.17) is 5.73 Å². The first-order valence-corrected chi connectivity index (χ1v) is 6.30. The standard InChI is InChI=1S/C14H19FN2O/c1-3-7-14(16)8-17(9-14)13(18)11-6-4-5-10(2)12(11)15/h4-6H,3,7-9,16H2,1-2H3. The number of likely N-dealkylation sites (tertiary alicyclic amines) is 1. The molecule has 0 radical (unpaired) electrons. The van der Waals surface area contributed by atoms with Crippen molar-refractivity contribution < 1.29 is 9.18 Å². The smallest absolute Gasteiger partial charge is 0.256 e. The highest BCUT2D eigenvalue weighted by molar-refractivity contribution is 5.95. The Labute approximate surface area is 107 Å². The molecule has 0 bridgehead atoms. The molecule has 3 nitrogen and oxygen atoms in total. The fourth-order valence-electron chi connectivity index (χ4n) is 2.50. The first kappa shape index (κ1) is 13.0. The predicted molar refractivity (Wildman–Crippen MR) is 68.9 cm³/mol. The third kappa shape index (κ3) is 2.25. The van der Waals surface area contributed by atoms with Crippen LogP contribution in [0.1, 0.15) is 35.7 Å². The molecule has 2 N–H and O–H groups in total. The van der Waals surface area contributed by atoms with Gasteiger partial charge in [-0.3, -0.25) is 4.79 Å². The Morgan fingerprint density at radius 1 is 1.50 bits per heavy atom. The number of halogens is 1. The summed E-state index contributed by atoms with van der Waals surface area (Å²) in [7, 11) is 0. The van der Waals surface area contributed by atoms with Crippen LogP contribution in [-0.4, -0.2) is 29.4 Å². The number of aryl methyl sites for hydroxylation is 1. The lowest BCUT2D eigenvalue weighted by Crippen LogP contribution is -2.68. The quantitative estimate of drug-likeness (QED) is 0.892. The third-order valence-corrected chi connectivity index (χ3v) is 3.47. The van der Waals surface area contributed by atoms with E-state index < -0.39 is 5.82 Å². The number of hydrogen-bond acceptors (Lipinski definition) is 2. The predicted octanol–water partition coefficient (Wildman–Crippen LogP) is 2.09. The number of nitrogens with two attached hydrogens (primary N) is 1. The van der Waals surface area contributed by atoms with Gasteiger partial charge in [-0.1, -0.05) is 25.5 Å². The number of hydrogen-bond donors (Lipinski definition) is 1. The van der Waals surface area contributed by atoms with Crippen molar-refractivity contribution >= 4 is 5.91 Å². The summed E-state index contributed by atoms with van der Waals surface area (Å²) in [5, 5.41) is 0. The van der Waals surface area contributed by atoms with Crippen LogP contribution in [0.4, 0.5) is 4.39 Å². The molecule has 2 rings (SSSR count). The molecule has 0 atom stereocenters. The van der Waals surface area contributed by atoms with E-state index in [1.54, 1.807) is 24.0 Å². The van der Waals surface area contributed by atoms with Gasteiger partial charge in [-0.2, -0.15) is 0 Å². The van der Waals surface area contributed by atoms with Crippen LogP contribution in [0.2, 0.25) is 0 Å². The highest BCUT2D eigenvalue weighted by Gasteiger charge is 2.41. The number of benzene rings is 1. The van der Waals surface area contributed by atoms with Crippen molar-refractivity contribution in [3.05, 3.63) is 35.1 Å². The third-order valence-electron chi connectivity index (χ3n) is 3.47. The Balaban J connectivity index is 2.08. The molecule has 1 aliphatic rings. The zero-order valence-electron chi connectivity index (χ0n) is 10.9. The number of amides is 1. The van der Waals surface area contributed by atoms with E-state index in [1.165, 1.54) is 6.07 Å². The summed E-state index contributed by atoms with van der Waals surface area (Å²) >= 11 is 0. The number of rotatable bonds is 3. The Morgan fingerprint density at radius 2 is 2.17 bits per heavy atom. The SMILES string of the molecule is CCCC1(N)CN(C(=O)c2cccc(C)c2F)C1. The van der Waals surface area contributed by atoms with Crippen LogP contribution in [0.25, 0.3) is 0 Å². The first-order valence-electron chi connectivity index (χ1n) is 6.30. The van der Waals surface area contributed by atoms with Crippen molar-refractivity contribution in [2.45, 2.75) is 32.2 Å². The van der Waals surface area contributed by atoms with Crippen LogP contribution in [-0.2, 0) is 0 Å². The number of carbonyl (C=O) groups excluding carboxylic acids is 1. The lowest BCUT2D eigenvalue weighted by molar-refractivity contribution is 0.0382. The van der Waals surface area contributed by atoms with Crippen LogP contribution in [0.5, 0.6) is 0 Å². The molecule has 0 aliphatic carbocycles. The molecule has 1 aliphatic heterocycles. The van der Waals surface area contributed by atoms with Gasteiger partial charge in [0.05, 0.1) is 11.1 Å². The maximum atomic E-state index is 13.8. The van der Waals surface area contributed by atoms with Crippen molar-refractivity contribution in [2.24, 2.45) is 5.73 Å². The summed E-state index contributed by atoms with van der Waals surface area (Å²) in [6.45, 7) is 4.77. The minimum atomic E-state index is -0.424. The lowest BCUT2D eigenvalue weighted by Gasteiger charge is -2.47. The maximum Gasteiger partial charge on any atom is 0.256 e. The summed E-state index contributed by atoms with van der Waals surface area (Å²) in [6, 6.07) is 4.89. The molecule has 1 aromatic rings. The normalized spacial score (nSPS) is 17.4. The van der Waals surface area contributed by atoms with Crippen molar-refractivity contribution in [3.63, 3.8) is 0 Å². The van der Waals surface area contributed by atoms with Gasteiger partial charge in [0.15, 0.2) is 0 Å². The second kappa shape index (κ2) is 4.69. The van der Waals surface area contributed by atoms with Gasteiger partial charge in [-0.05, 0) is 25.0 Å². The molecule has 4 heteroatoms. The molecular formula is C14H19FN2O. The average molecular weight is 250 g/mol. The molecule has 1 aromatic carbocycles. The minimum absolute atomic E-state index is 0.147. The second-order valence-corrected chi connectivity index (χ2v) is 5.21. The van der Waals surface area contributed by atoms with Crippen molar-refractivity contribution in [1.29, 1.82) is 0 Å². The molecular weight excluding hydrogens is 231 g/mol. The van der Waals surface area contributed by atoms with E-state index in [-0.39, 0.29) is 17.0 Å². The Hall–Kier alpha value is -1.42. The van der Waals surface area contributed by atoms with Gasteiger partial charge in [0, 0.05) is 13.1 Å². The zero-order valence-corrected chi connectivity index (χ0v) is 10.9. The van der Waals surface area contributed by atoms with E-state index in [0.29, 0.717) is 18.7 Å². The second-order valence-electron chi connectivity index (χ2n) is 5.21. The summed E-state index contributed by atoms with van der Waals surface area (Å²) in [6.07, 6.45) is 1.89. The maximum absolute atomic E-state index is 13.8. The molecule has 1 heterocycles. The Morgan fingerprint density at radius 3 is 2.78 bits per heavy atom. The molecule has 0 saturated carbocycles. The zero-order chi connectivity index (χ0) is 13.3. The largest absolute Gasteiger partial charge is 0.335 e. The van der Waals surface area contributed by atoms with Gasteiger partial charge < -0.3 is 10.6 Å². The van der Waals surface area contributed by atoms with Gasteiger partial charge in [0.25, 0.3) is 5.91 Å². The van der Waals surface area contributed by atoms with Crippen LogP contribution >= 0.6 is 0 Å². The molecule has 98 valence electrons. The van der Waals surface area contributed by atoms with Crippen LogP contribution in [0, 0.1) is 12.7 Å². The van der Waals surface area contributed by atoms with Gasteiger partial charge in [0.1, 0.15) is 5.82 Å². The average Bonchev–Trinajstić information content (AvgIpc) is 2.29. The van der Waals surface area contributed by atoms with Gasteiger partial charge >= 0.3 is 0 Å². The Bertz CT molecular complexity index is 467. The van der Waals surface area contributed by atoms with Crippen LogP contribution in [0.15, 0.2) is 18.2 Å². The molecule has 0 spiro atoms. The van der Waals surface area contributed by atoms with Crippen molar-refractivity contribution in [1.82, 2.24) is 4.90 Å². The summed E-state index contributed by atoms with van der Waals surface area (Å²) in [4.78, 5) is 13.7. The van der Waals surface area contributed by atoms with Gasteiger partial charge in [0.2, 0.25) is 0 Å². The molecule has 1 fully saturated rings. The van der Waals surface area contributed by atoms with Crippen molar-refractivity contribution in [2.75, 3.05) is 13.1 Å². The molecule has 0 unspecified atom stereocenters. The fraction of sp³-hybridized carbons (Fsp3) is 0.500. The van der Waals surface area contributed by atoms with E-state index >= 15 is 0 Å². The number of carbonyl (C=O) groups is 1. The molecule has 1 saturated heterocycles.